The van der Waals surface area contributed by atoms with Crippen LogP contribution in [-0.2, 0) is 4.74 Å². The van der Waals surface area contributed by atoms with Gasteiger partial charge in [0.25, 0.3) is 0 Å². The van der Waals surface area contributed by atoms with Crippen molar-refractivity contribution >= 4 is 0 Å². The molecule has 3 nitrogen and oxygen atoms in total. The molecule has 1 rings (SSSR count). The van der Waals surface area contributed by atoms with E-state index in [1.807, 2.05) is 0 Å². The van der Waals surface area contributed by atoms with Gasteiger partial charge in [-0.2, -0.15) is 0 Å². The fourth-order valence-corrected chi connectivity index (χ4v) is 2.22. The Morgan fingerprint density at radius 1 is 1.27 bits per heavy atom. The first-order chi connectivity index (χ1) is 7.29. The zero-order valence-corrected chi connectivity index (χ0v) is 10.5. The summed E-state index contributed by atoms with van der Waals surface area (Å²) < 4.78 is 5.38. The highest BCUT2D eigenvalue weighted by atomic mass is 16.5. The maximum Gasteiger partial charge on any atom is 0.0594 e. The first-order valence-corrected chi connectivity index (χ1v) is 6.34. The number of hydrogen-bond donors (Lipinski definition) is 1. The fourth-order valence-electron chi connectivity index (χ4n) is 2.22. The van der Waals surface area contributed by atoms with Crippen molar-refractivity contribution in [1.82, 2.24) is 10.2 Å². The van der Waals surface area contributed by atoms with Crippen molar-refractivity contribution in [2.45, 2.75) is 45.7 Å². The van der Waals surface area contributed by atoms with Crippen LogP contribution in [0.25, 0.3) is 0 Å². The predicted octanol–water partition coefficient (Wildman–Crippen LogP) is 1.49. The Bertz CT molecular complexity index is 158. The fraction of sp³-hybridized carbons (Fsp3) is 1.00. The second-order valence-corrected chi connectivity index (χ2v) is 4.36. The van der Waals surface area contributed by atoms with Gasteiger partial charge in [-0.3, -0.25) is 4.90 Å². The Morgan fingerprint density at radius 2 is 1.93 bits per heavy atom. The van der Waals surface area contributed by atoms with Gasteiger partial charge in [-0.15, -0.1) is 0 Å². The van der Waals surface area contributed by atoms with Crippen molar-refractivity contribution in [2.75, 3.05) is 32.8 Å². The lowest BCUT2D eigenvalue weighted by Gasteiger charge is -2.37. The van der Waals surface area contributed by atoms with E-state index in [-0.39, 0.29) is 0 Å². The number of ether oxygens (including phenoxy) is 1. The summed E-state index contributed by atoms with van der Waals surface area (Å²) in [7, 11) is 0. The summed E-state index contributed by atoms with van der Waals surface area (Å²) in [5, 5.41) is 3.63. The van der Waals surface area contributed by atoms with Crippen molar-refractivity contribution in [3.63, 3.8) is 0 Å². The molecule has 1 heterocycles. The van der Waals surface area contributed by atoms with Crippen molar-refractivity contribution < 1.29 is 4.74 Å². The molecule has 1 aliphatic rings. The summed E-state index contributed by atoms with van der Waals surface area (Å²) in [5.41, 5.74) is 0. The van der Waals surface area contributed by atoms with Crippen molar-refractivity contribution in [3.05, 3.63) is 0 Å². The van der Waals surface area contributed by atoms with Gasteiger partial charge in [0.1, 0.15) is 0 Å². The lowest BCUT2D eigenvalue weighted by molar-refractivity contribution is 0.0119. The summed E-state index contributed by atoms with van der Waals surface area (Å²) in [6, 6.07) is 1.26. The topological polar surface area (TPSA) is 24.5 Å². The van der Waals surface area contributed by atoms with Gasteiger partial charge in [0.05, 0.1) is 13.2 Å². The van der Waals surface area contributed by atoms with Crippen LogP contribution in [0.2, 0.25) is 0 Å². The molecule has 0 spiro atoms. The second-order valence-electron chi connectivity index (χ2n) is 4.36. The second kappa shape index (κ2) is 7.20. The molecule has 1 N–H and O–H groups in total. The molecule has 0 bridgehead atoms. The van der Waals surface area contributed by atoms with Gasteiger partial charge in [-0.05, 0) is 26.3 Å². The minimum absolute atomic E-state index is 0.628. The zero-order valence-electron chi connectivity index (χ0n) is 10.5. The molecule has 0 saturated carbocycles. The number of nitrogens with zero attached hydrogens (tertiary/aromatic N) is 1. The molecule has 0 amide bonds. The quantitative estimate of drug-likeness (QED) is 0.725. The normalized spacial score (nSPS) is 22.6. The summed E-state index contributed by atoms with van der Waals surface area (Å²) >= 11 is 0. The molecule has 0 aromatic rings. The molecular formula is C12H26N2O. The zero-order chi connectivity index (χ0) is 11.1. The van der Waals surface area contributed by atoms with Crippen LogP contribution in [0.4, 0.5) is 0 Å². The molecule has 1 aliphatic heterocycles. The summed E-state index contributed by atoms with van der Waals surface area (Å²) in [4.78, 5) is 2.54. The Balaban J connectivity index is 2.36. The molecule has 2 atom stereocenters. The van der Waals surface area contributed by atoms with E-state index in [2.05, 4.69) is 31.0 Å². The van der Waals surface area contributed by atoms with Crippen LogP contribution in [-0.4, -0.2) is 49.8 Å². The molecule has 1 saturated heterocycles. The maximum atomic E-state index is 5.38. The monoisotopic (exact) mass is 214 g/mol. The van der Waals surface area contributed by atoms with Crippen LogP contribution >= 0.6 is 0 Å². The van der Waals surface area contributed by atoms with E-state index in [9.17, 15) is 0 Å². The van der Waals surface area contributed by atoms with Gasteiger partial charge in [0.15, 0.2) is 0 Å². The predicted molar refractivity (Wildman–Crippen MR) is 64.2 cm³/mol. The van der Waals surface area contributed by atoms with Gasteiger partial charge >= 0.3 is 0 Å². The van der Waals surface area contributed by atoms with E-state index in [4.69, 9.17) is 4.74 Å². The lowest BCUT2D eigenvalue weighted by Crippen LogP contribution is -2.52. The van der Waals surface area contributed by atoms with Crippen LogP contribution < -0.4 is 5.32 Å². The van der Waals surface area contributed by atoms with Gasteiger partial charge in [-0.25, -0.2) is 0 Å². The van der Waals surface area contributed by atoms with Gasteiger partial charge in [-0.1, -0.05) is 13.8 Å². The van der Waals surface area contributed by atoms with Crippen LogP contribution in [0.1, 0.15) is 33.6 Å². The Labute approximate surface area is 94.2 Å². The average molecular weight is 214 g/mol. The summed E-state index contributed by atoms with van der Waals surface area (Å²) in [6.07, 6.45) is 2.42. The molecule has 0 aromatic carbocycles. The third-order valence-electron chi connectivity index (χ3n) is 3.30. The van der Waals surface area contributed by atoms with Gasteiger partial charge < -0.3 is 10.1 Å². The van der Waals surface area contributed by atoms with E-state index in [0.717, 1.165) is 32.8 Å². The minimum Gasteiger partial charge on any atom is -0.379 e. The van der Waals surface area contributed by atoms with Crippen LogP contribution in [0.3, 0.4) is 0 Å². The molecule has 3 heteroatoms. The number of morpholine rings is 1. The third kappa shape index (κ3) is 4.09. The van der Waals surface area contributed by atoms with Crippen LogP contribution in [0, 0.1) is 0 Å². The SMILES string of the molecule is CCCNC(CC)C(C)N1CCOCC1. The van der Waals surface area contributed by atoms with E-state index in [0.29, 0.717) is 12.1 Å². The third-order valence-corrected chi connectivity index (χ3v) is 3.30. The van der Waals surface area contributed by atoms with E-state index in [1.54, 1.807) is 0 Å². The van der Waals surface area contributed by atoms with Crippen molar-refractivity contribution in [3.8, 4) is 0 Å². The van der Waals surface area contributed by atoms with Crippen LogP contribution in [0.15, 0.2) is 0 Å². The molecular weight excluding hydrogens is 188 g/mol. The lowest BCUT2D eigenvalue weighted by atomic mass is 10.1. The van der Waals surface area contributed by atoms with E-state index >= 15 is 0 Å². The Kier molecular flexibility index (Phi) is 6.22. The average Bonchev–Trinajstić information content (AvgIpc) is 2.31. The van der Waals surface area contributed by atoms with Gasteiger partial charge in [0, 0.05) is 25.2 Å². The first kappa shape index (κ1) is 12.9. The maximum absolute atomic E-state index is 5.38. The highest BCUT2D eigenvalue weighted by Gasteiger charge is 2.23. The smallest absolute Gasteiger partial charge is 0.0594 e. The minimum atomic E-state index is 0.628. The Hall–Kier alpha value is -0.120. The number of nitrogens with one attached hydrogen (secondary N) is 1. The number of rotatable bonds is 6. The molecule has 90 valence electrons. The Morgan fingerprint density at radius 3 is 2.47 bits per heavy atom. The van der Waals surface area contributed by atoms with Crippen LogP contribution in [0.5, 0.6) is 0 Å². The molecule has 0 aromatic heterocycles. The summed E-state index contributed by atoms with van der Waals surface area (Å²) in [5.74, 6) is 0. The number of hydrogen-bond acceptors (Lipinski definition) is 3. The molecule has 0 radical (unpaired) electrons. The highest BCUT2D eigenvalue weighted by molar-refractivity contribution is 4.81. The standard InChI is InChI=1S/C12H26N2O/c1-4-6-13-12(5-2)11(3)14-7-9-15-10-8-14/h11-13H,4-10H2,1-3H3. The largest absolute Gasteiger partial charge is 0.379 e. The van der Waals surface area contributed by atoms with Crippen molar-refractivity contribution in [1.29, 1.82) is 0 Å². The van der Waals surface area contributed by atoms with E-state index < -0.39 is 0 Å². The molecule has 1 fully saturated rings. The summed E-state index contributed by atoms with van der Waals surface area (Å²) in [6.45, 7) is 11.9. The van der Waals surface area contributed by atoms with Gasteiger partial charge in [0.2, 0.25) is 0 Å². The first-order valence-electron chi connectivity index (χ1n) is 6.34. The van der Waals surface area contributed by atoms with E-state index in [1.165, 1.54) is 12.8 Å². The molecule has 2 unspecified atom stereocenters. The molecule has 15 heavy (non-hydrogen) atoms. The highest BCUT2D eigenvalue weighted by Crippen LogP contribution is 2.10. The molecule has 0 aliphatic carbocycles. The van der Waals surface area contributed by atoms with Crippen molar-refractivity contribution in [2.24, 2.45) is 0 Å².